The molecule has 0 radical (unpaired) electrons. The second-order valence-electron chi connectivity index (χ2n) is 4.78. The summed E-state index contributed by atoms with van der Waals surface area (Å²) in [5.74, 6) is 0. The minimum absolute atomic E-state index is 0.276. The molecule has 1 aromatic heterocycles. The van der Waals surface area contributed by atoms with Gasteiger partial charge in [-0.05, 0) is 39.0 Å². The highest BCUT2D eigenvalue weighted by Gasteiger charge is 2.16. The molecule has 1 saturated heterocycles. The second kappa shape index (κ2) is 6.47. The van der Waals surface area contributed by atoms with E-state index in [9.17, 15) is 5.11 Å². The van der Waals surface area contributed by atoms with E-state index in [4.69, 9.17) is 4.74 Å². The molecular weight excluding hydrogens is 234 g/mol. The number of thiazole rings is 1. The minimum atomic E-state index is -0.276. The summed E-state index contributed by atoms with van der Waals surface area (Å²) in [5.41, 5.74) is 1.02. The van der Waals surface area contributed by atoms with Crippen molar-refractivity contribution in [1.82, 2.24) is 4.98 Å². The lowest BCUT2D eigenvalue weighted by atomic mass is 10.0. The van der Waals surface area contributed by atoms with Crippen LogP contribution in [0.2, 0.25) is 0 Å². The van der Waals surface area contributed by atoms with E-state index < -0.39 is 0 Å². The monoisotopic (exact) mass is 255 g/mol. The fourth-order valence-electron chi connectivity index (χ4n) is 2.26. The van der Waals surface area contributed by atoms with Crippen LogP contribution in [-0.4, -0.2) is 28.9 Å². The molecular formula is C13H21NO2S. The van der Waals surface area contributed by atoms with Crippen molar-refractivity contribution in [2.45, 2.75) is 57.7 Å². The Morgan fingerprint density at radius 1 is 1.59 bits per heavy atom. The quantitative estimate of drug-likeness (QED) is 0.879. The van der Waals surface area contributed by atoms with E-state index in [0.717, 1.165) is 36.6 Å². The summed E-state index contributed by atoms with van der Waals surface area (Å²) >= 11 is 1.65. The summed E-state index contributed by atoms with van der Waals surface area (Å²) in [6.07, 6.45) is 6.19. The highest BCUT2D eigenvalue weighted by molar-refractivity contribution is 7.09. The predicted molar refractivity (Wildman–Crippen MR) is 69.4 cm³/mol. The molecule has 2 unspecified atom stereocenters. The molecule has 2 rings (SSSR count). The summed E-state index contributed by atoms with van der Waals surface area (Å²) in [5, 5.41) is 13.1. The zero-order valence-electron chi connectivity index (χ0n) is 10.4. The van der Waals surface area contributed by atoms with Crippen LogP contribution in [0.4, 0.5) is 0 Å². The number of aliphatic hydroxyl groups excluding tert-OH is 1. The van der Waals surface area contributed by atoms with Gasteiger partial charge in [-0.25, -0.2) is 4.98 Å². The molecule has 17 heavy (non-hydrogen) atoms. The lowest BCUT2D eigenvalue weighted by Crippen LogP contribution is -2.21. The molecule has 0 bridgehead atoms. The molecule has 1 aromatic rings. The summed E-state index contributed by atoms with van der Waals surface area (Å²) in [6, 6.07) is 0. The minimum Gasteiger partial charge on any atom is -0.393 e. The number of aryl methyl sites for hydroxylation is 1. The van der Waals surface area contributed by atoms with Crippen molar-refractivity contribution in [3.63, 3.8) is 0 Å². The Morgan fingerprint density at radius 3 is 3.12 bits per heavy atom. The number of aromatic nitrogens is 1. The zero-order chi connectivity index (χ0) is 12.1. The molecule has 0 spiro atoms. The maximum Gasteiger partial charge on any atom is 0.0897 e. The van der Waals surface area contributed by atoms with Crippen LogP contribution < -0.4 is 0 Å². The number of nitrogens with zero attached hydrogens (tertiary/aromatic N) is 1. The van der Waals surface area contributed by atoms with Crippen molar-refractivity contribution < 1.29 is 9.84 Å². The Bertz CT molecular complexity index is 334. The lowest BCUT2D eigenvalue weighted by Gasteiger charge is -2.23. The van der Waals surface area contributed by atoms with Crippen LogP contribution >= 0.6 is 11.3 Å². The third kappa shape index (κ3) is 4.37. The molecule has 1 aliphatic heterocycles. The Balaban J connectivity index is 1.68. The van der Waals surface area contributed by atoms with E-state index in [-0.39, 0.29) is 6.10 Å². The first kappa shape index (κ1) is 13.0. The van der Waals surface area contributed by atoms with Crippen molar-refractivity contribution in [1.29, 1.82) is 0 Å². The Morgan fingerprint density at radius 2 is 2.47 bits per heavy atom. The van der Waals surface area contributed by atoms with Crippen LogP contribution in [0.1, 0.15) is 42.8 Å². The maximum atomic E-state index is 9.95. The van der Waals surface area contributed by atoms with Gasteiger partial charge in [0.25, 0.3) is 0 Å². The Hall–Kier alpha value is -0.450. The van der Waals surface area contributed by atoms with Crippen LogP contribution in [0.15, 0.2) is 5.38 Å². The molecule has 0 aromatic carbocycles. The van der Waals surface area contributed by atoms with Crippen LogP contribution in [0, 0.1) is 6.92 Å². The van der Waals surface area contributed by atoms with Gasteiger partial charge < -0.3 is 9.84 Å². The first-order valence-corrected chi connectivity index (χ1v) is 7.32. The van der Waals surface area contributed by atoms with Gasteiger partial charge >= 0.3 is 0 Å². The number of ether oxygens (including phenoxy) is 1. The van der Waals surface area contributed by atoms with Gasteiger partial charge in [0.1, 0.15) is 0 Å². The fourth-order valence-corrected chi connectivity index (χ4v) is 2.88. The largest absolute Gasteiger partial charge is 0.393 e. The SMILES string of the molecule is Cc1nc(CC(O)CCC2CCCCO2)cs1. The van der Waals surface area contributed by atoms with Crippen LogP contribution in [0.3, 0.4) is 0 Å². The molecule has 2 atom stereocenters. The molecule has 1 aliphatic rings. The fraction of sp³-hybridized carbons (Fsp3) is 0.769. The molecule has 3 nitrogen and oxygen atoms in total. The van der Waals surface area contributed by atoms with Gasteiger partial charge in [-0.15, -0.1) is 11.3 Å². The smallest absolute Gasteiger partial charge is 0.0897 e. The second-order valence-corrected chi connectivity index (χ2v) is 5.84. The van der Waals surface area contributed by atoms with Crippen molar-refractivity contribution in [2.75, 3.05) is 6.61 Å². The first-order valence-electron chi connectivity index (χ1n) is 6.44. The van der Waals surface area contributed by atoms with Crippen molar-refractivity contribution >= 4 is 11.3 Å². The predicted octanol–water partition coefficient (Wildman–Crippen LogP) is 2.70. The van der Waals surface area contributed by atoms with E-state index in [1.54, 1.807) is 11.3 Å². The Kier molecular flexibility index (Phi) is 4.95. The number of hydrogen-bond donors (Lipinski definition) is 1. The van der Waals surface area contributed by atoms with E-state index in [1.165, 1.54) is 12.8 Å². The summed E-state index contributed by atoms with van der Waals surface area (Å²) in [6.45, 7) is 2.89. The number of aliphatic hydroxyl groups is 1. The summed E-state index contributed by atoms with van der Waals surface area (Å²) < 4.78 is 5.66. The van der Waals surface area contributed by atoms with Gasteiger partial charge in [0.2, 0.25) is 0 Å². The van der Waals surface area contributed by atoms with Crippen LogP contribution in [-0.2, 0) is 11.2 Å². The van der Waals surface area contributed by atoms with E-state index in [2.05, 4.69) is 4.98 Å². The lowest BCUT2D eigenvalue weighted by molar-refractivity contribution is 0.00229. The van der Waals surface area contributed by atoms with Gasteiger partial charge in [-0.1, -0.05) is 0 Å². The van der Waals surface area contributed by atoms with Gasteiger partial charge in [0, 0.05) is 18.4 Å². The molecule has 0 amide bonds. The maximum absolute atomic E-state index is 9.95. The third-order valence-corrected chi connectivity index (χ3v) is 4.03. The van der Waals surface area contributed by atoms with Gasteiger partial charge in [0.05, 0.1) is 22.9 Å². The molecule has 2 heterocycles. The number of hydrogen-bond acceptors (Lipinski definition) is 4. The highest BCUT2D eigenvalue weighted by atomic mass is 32.1. The van der Waals surface area contributed by atoms with Crippen molar-refractivity contribution in [3.05, 3.63) is 16.1 Å². The zero-order valence-corrected chi connectivity index (χ0v) is 11.2. The van der Waals surface area contributed by atoms with Crippen LogP contribution in [0.5, 0.6) is 0 Å². The average Bonchev–Trinajstić information content (AvgIpc) is 2.73. The molecule has 1 N–H and O–H groups in total. The van der Waals surface area contributed by atoms with Gasteiger partial charge in [-0.3, -0.25) is 0 Å². The molecule has 1 fully saturated rings. The van der Waals surface area contributed by atoms with E-state index in [1.807, 2.05) is 12.3 Å². The molecule has 0 aliphatic carbocycles. The Labute approximate surface area is 107 Å². The first-order chi connectivity index (χ1) is 8.24. The topological polar surface area (TPSA) is 42.4 Å². The van der Waals surface area contributed by atoms with Crippen LogP contribution in [0.25, 0.3) is 0 Å². The number of rotatable bonds is 5. The molecule has 96 valence electrons. The van der Waals surface area contributed by atoms with Gasteiger partial charge in [0.15, 0.2) is 0 Å². The van der Waals surface area contributed by atoms with Crippen molar-refractivity contribution in [2.24, 2.45) is 0 Å². The van der Waals surface area contributed by atoms with E-state index >= 15 is 0 Å². The van der Waals surface area contributed by atoms with E-state index in [0.29, 0.717) is 12.5 Å². The summed E-state index contributed by atoms with van der Waals surface area (Å²) in [7, 11) is 0. The molecule has 0 saturated carbocycles. The normalized spacial score (nSPS) is 22.6. The van der Waals surface area contributed by atoms with Gasteiger partial charge in [-0.2, -0.15) is 0 Å². The molecule has 4 heteroatoms. The summed E-state index contributed by atoms with van der Waals surface area (Å²) in [4.78, 5) is 4.37. The standard InChI is InChI=1S/C13H21NO2S/c1-10-14-11(9-17-10)8-12(15)5-6-13-4-2-3-7-16-13/h9,12-13,15H,2-8H2,1H3. The third-order valence-electron chi connectivity index (χ3n) is 3.21. The highest BCUT2D eigenvalue weighted by Crippen LogP contribution is 2.19. The van der Waals surface area contributed by atoms with Crippen molar-refractivity contribution in [3.8, 4) is 0 Å². The average molecular weight is 255 g/mol.